The molecule has 0 saturated carbocycles. The molecule has 34 heavy (non-hydrogen) atoms. The summed E-state index contributed by atoms with van der Waals surface area (Å²) in [6, 6.07) is 12.0. The van der Waals surface area contributed by atoms with Crippen LogP contribution in [0.3, 0.4) is 0 Å². The van der Waals surface area contributed by atoms with Crippen molar-refractivity contribution in [1.82, 2.24) is 9.62 Å². The van der Waals surface area contributed by atoms with Crippen LogP contribution in [0, 0.1) is 0 Å². The molecule has 1 fully saturated rings. The first-order valence-electron chi connectivity index (χ1n) is 10.4. The van der Waals surface area contributed by atoms with E-state index in [1.54, 1.807) is 24.3 Å². The predicted octanol–water partition coefficient (Wildman–Crippen LogP) is 0.628. The molecular weight excluding hydrogens is 466 g/mol. The molecule has 2 amide bonds. The van der Waals surface area contributed by atoms with Crippen molar-refractivity contribution in [3.05, 3.63) is 54.1 Å². The number of hydrogen-bond acceptors (Lipinski definition) is 8. The molecule has 11 nitrogen and oxygen atoms in total. The first-order chi connectivity index (χ1) is 16.3. The van der Waals surface area contributed by atoms with Crippen LogP contribution in [0.25, 0.3) is 0 Å². The highest BCUT2D eigenvalue weighted by Gasteiger charge is 2.26. The van der Waals surface area contributed by atoms with E-state index in [2.05, 4.69) is 10.6 Å². The summed E-state index contributed by atoms with van der Waals surface area (Å²) >= 11 is 0. The van der Waals surface area contributed by atoms with Gasteiger partial charge in [0.15, 0.2) is 6.61 Å². The van der Waals surface area contributed by atoms with Crippen molar-refractivity contribution < 1.29 is 37.0 Å². The monoisotopic (exact) mass is 491 g/mol. The fourth-order valence-corrected chi connectivity index (χ4v) is 4.45. The van der Waals surface area contributed by atoms with Crippen molar-refractivity contribution in [2.24, 2.45) is 0 Å². The van der Waals surface area contributed by atoms with Gasteiger partial charge in [0.05, 0.1) is 25.2 Å². The molecule has 2 aromatic rings. The van der Waals surface area contributed by atoms with Gasteiger partial charge in [0.2, 0.25) is 10.0 Å². The van der Waals surface area contributed by atoms with E-state index < -0.39 is 41.0 Å². The van der Waals surface area contributed by atoms with Crippen LogP contribution >= 0.6 is 0 Å². The largest absolute Gasteiger partial charge is 0.497 e. The minimum Gasteiger partial charge on any atom is -0.497 e. The van der Waals surface area contributed by atoms with Gasteiger partial charge in [-0.1, -0.05) is 0 Å². The number of nitrogens with one attached hydrogen (secondary N) is 2. The summed E-state index contributed by atoms with van der Waals surface area (Å²) in [5, 5.41) is 4.92. The first-order valence-corrected chi connectivity index (χ1v) is 11.8. The Morgan fingerprint density at radius 3 is 2.26 bits per heavy atom. The van der Waals surface area contributed by atoms with Crippen LogP contribution in [0.5, 0.6) is 5.75 Å². The third kappa shape index (κ3) is 6.76. The topological polar surface area (TPSA) is 140 Å². The quantitative estimate of drug-likeness (QED) is 0.487. The molecule has 182 valence electrons. The maximum Gasteiger partial charge on any atom is 0.325 e. The van der Waals surface area contributed by atoms with Gasteiger partial charge in [0.25, 0.3) is 11.8 Å². The average Bonchev–Trinajstić information content (AvgIpc) is 2.87. The molecule has 2 N–H and O–H groups in total. The van der Waals surface area contributed by atoms with E-state index in [0.29, 0.717) is 30.2 Å². The maximum atomic E-state index is 12.6. The zero-order valence-corrected chi connectivity index (χ0v) is 19.3. The number of carbonyl (C=O) groups excluding carboxylic acids is 3. The molecular formula is C22H25N3O8S. The Morgan fingerprint density at radius 2 is 1.65 bits per heavy atom. The summed E-state index contributed by atoms with van der Waals surface area (Å²) in [6.07, 6.45) is 0. The summed E-state index contributed by atoms with van der Waals surface area (Å²) < 4.78 is 41.6. The van der Waals surface area contributed by atoms with Gasteiger partial charge < -0.3 is 24.8 Å². The second kappa shape index (κ2) is 11.6. The van der Waals surface area contributed by atoms with E-state index in [9.17, 15) is 22.8 Å². The molecule has 0 radical (unpaired) electrons. The normalized spacial score (nSPS) is 14.1. The lowest BCUT2D eigenvalue weighted by atomic mass is 10.2. The number of morpholine rings is 1. The van der Waals surface area contributed by atoms with E-state index in [4.69, 9.17) is 14.2 Å². The maximum absolute atomic E-state index is 12.6. The zero-order valence-electron chi connectivity index (χ0n) is 18.5. The smallest absolute Gasteiger partial charge is 0.325 e. The van der Waals surface area contributed by atoms with Crippen molar-refractivity contribution in [3.63, 3.8) is 0 Å². The summed E-state index contributed by atoms with van der Waals surface area (Å²) in [5.74, 6) is -1.28. The van der Waals surface area contributed by atoms with Crippen molar-refractivity contribution in [3.8, 4) is 5.75 Å². The van der Waals surface area contributed by atoms with Crippen LogP contribution < -0.4 is 15.4 Å². The van der Waals surface area contributed by atoms with E-state index in [-0.39, 0.29) is 18.0 Å². The number of sulfonamides is 1. The van der Waals surface area contributed by atoms with Gasteiger partial charge >= 0.3 is 5.97 Å². The fourth-order valence-electron chi connectivity index (χ4n) is 3.04. The Morgan fingerprint density at radius 1 is 1.00 bits per heavy atom. The second-order valence-corrected chi connectivity index (χ2v) is 9.10. The van der Waals surface area contributed by atoms with Gasteiger partial charge in [0.1, 0.15) is 12.3 Å². The van der Waals surface area contributed by atoms with Crippen LogP contribution in [-0.4, -0.2) is 77.1 Å². The van der Waals surface area contributed by atoms with Gasteiger partial charge in [-0.05, 0) is 48.5 Å². The molecule has 12 heteroatoms. The first kappa shape index (κ1) is 25.1. The molecule has 3 rings (SSSR count). The third-order valence-electron chi connectivity index (χ3n) is 4.86. The molecule has 0 bridgehead atoms. The Bertz CT molecular complexity index is 1110. The molecule has 0 spiro atoms. The third-order valence-corrected chi connectivity index (χ3v) is 6.77. The van der Waals surface area contributed by atoms with Crippen molar-refractivity contribution >= 4 is 33.5 Å². The molecule has 0 aromatic heterocycles. The number of ether oxygens (including phenoxy) is 3. The summed E-state index contributed by atoms with van der Waals surface area (Å²) in [7, 11) is -2.13. The van der Waals surface area contributed by atoms with Crippen LogP contribution in [0.1, 0.15) is 10.4 Å². The van der Waals surface area contributed by atoms with Gasteiger partial charge in [-0.3, -0.25) is 14.4 Å². The number of benzene rings is 2. The molecule has 0 unspecified atom stereocenters. The number of anilines is 1. The number of carbonyl (C=O) groups is 3. The van der Waals surface area contributed by atoms with E-state index in [0.717, 1.165) is 0 Å². The standard InChI is InChI=1S/C22H25N3O8S/c1-31-18-6-2-16(3-7-18)22(28)23-14-21(27)33-15-20(26)24-17-4-8-19(9-5-17)34(29,30)25-10-12-32-13-11-25/h2-9H,10-15H2,1H3,(H,23,28)(H,24,26). The number of amides is 2. The van der Waals surface area contributed by atoms with Crippen LogP contribution in [0.4, 0.5) is 5.69 Å². The lowest BCUT2D eigenvalue weighted by Crippen LogP contribution is -2.40. The number of hydrogen-bond donors (Lipinski definition) is 2. The van der Waals surface area contributed by atoms with Gasteiger partial charge in [0, 0.05) is 24.3 Å². The fraction of sp³-hybridized carbons (Fsp3) is 0.318. The number of rotatable bonds is 9. The molecule has 1 heterocycles. The molecule has 0 atom stereocenters. The lowest BCUT2D eigenvalue weighted by Gasteiger charge is -2.26. The number of nitrogens with zero attached hydrogens (tertiary/aromatic N) is 1. The molecule has 1 saturated heterocycles. The van der Waals surface area contributed by atoms with E-state index >= 15 is 0 Å². The summed E-state index contributed by atoms with van der Waals surface area (Å²) in [5.41, 5.74) is 0.681. The average molecular weight is 492 g/mol. The van der Waals surface area contributed by atoms with E-state index in [1.165, 1.54) is 35.7 Å². The Kier molecular flexibility index (Phi) is 8.57. The summed E-state index contributed by atoms with van der Waals surface area (Å²) in [4.78, 5) is 36.0. The highest BCUT2D eigenvalue weighted by Crippen LogP contribution is 2.19. The number of esters is 1. The van der Waals surface area contributed by atoms with Crippen molar-refractivity contribution in [2.75, 3.05) is 51.9 Å². The minimum atomic E-state index is -3.64. The van der Waals surface area contributed by atoms with Crippen molar-refractivity contribution in [1.29, 1.82) is 0 Å². The van der Waals surface area contributed by atoms with Crippen LogP contribution in [0.2, 0.25) is 0 Å². The van der Waals surface area contributed by atoms with Gasteiger partial charge in [-0.2, -0.15) is 4.31 Å². The predicted molar refractivity (Wildman–Crippen MR) is 121 cm³/mol. The second-order valence-electron chi connectivity index (χ2n) is 7.16. The number of methoxy groups -OCH3 is 1. The summed E-state index contributed by atoms with van der Waals surface area (Å²) in [6.45, 7) is 0.283. The van der Waals surface area contributed by atoms with Gasteiger partial charge in [-0.15, -0.1) is 0 Å². The Labute approximate surface area is 197 Å². The minimum absolute atomic E-state index is 0.103. The van der Waals surface area contributed by atoms with Crippen LogP contribution in [0.15, 0.2) is 53.4 Å². The molecule has 0 aliphatic carbocycles. The Hall–Kier alpha value is -3.48. The van der Waals surface area contributed by atoms with Crippen LogP contribution in [-0.2, 0) is 29.1 Å². The lowest BCUT2D eigenvalue weighted by molar-refractivity contribution is -0.146. The molecule has 2 aromatic carbocycles. The highest BCUT2D eigenvalue weighted by molar-refractivity contribution is 7.89. The Balaban J connectivity index is 1.42. The zero-order chi connectivity index (χ0) is 24.6. The van der Waals surface area contributed by atoms with Crippen molar-refractivity contribution in [2.45, 2.75) is 4.90 Å². The van der Waals surface area contributed by atoms with E-state index in [1.807, 2.05) is 0 Å². The SMILES string of the molecule is COc1ccc(C(=O)NCC(=O)OCC(=O)Nc2ccc(S(=O)(=O)N3CCOCC3)cc2)cc1. The molecule has 1 aliphatic rings. The highest BCUT2D eigenvalue weighted by atomic mass is 32.2. The van der Waals surface area contributed by atoms with Gasteiger partial charge in [-0.25, -0.2) is 8.42 Å². The molecule has 1 aliphatic heterocycles.